The normalized spacial score (nSPS) is 15.1. The predicted molar refractivity (Wildman–Crippen MR) is 129 cm³/mol. The molecule has 0 N–H and O–H groups in total. The molecule has 34 heavy (non-hydrogen) atoms. The van der Waals surface area contributed by atoms with Crippen LogP contribution in [0.15, 0.2) is 51.7 Å². The standard InChI is InChI=1S/C25H23N3O5S/c1-4-5-12-32-18-11-10-15(13-19(18)31-3)21-20-22(29)16-8-6-7-9-17(16)33-23(20)24(30)28(21)25-27-26-14(2)34-25/h6-11,13,21H,4-5,12H2,1-3H3/t21-/m0/s1. The van der Waals surface area contributed by atoms with E-state index in [0.717, 1.165) is 12.8 Å². The van der Waals surface area contributed by atoms with Gasteiger partial charge < -0.3 is 13.9 Å². The first-order valence-corrected chi connectivity index (χ1v) is 11.8. The molecule has 4 aromatic rings. The summed E-state index contributed by atoms with van der Waals surface area (Å²) >= 11 is 1.28. The molecular weight excluding hydrogens is 454 g/mol. The smallest absolute Gasteiger partial charge is 0.297 e. The van der Waals surface area contributed by atoms with Gasteiger partial charge in [0.1, 0.15) is 10.6 Å². The fraction of sp³-hybridized carbons (Fsp3) is 0.280. The van der Waals surface area contributed by atoms with E-state index in [-0.39, 0.29) is 16.8 Å². The number of amides is 1. The van der Waals surface area contributed by atoms with Gasteiger partial charge in [0.2, 0.25) is 10.9 Å². The number of aromatic nitrogens is 2. The Morgan fingerprint density at radius 2 is 1.94 bits per heavy atom. The van der Waals surface area contributed by atoms with Crippen molar-refractivity contribution in [2.24, 2.45) is 0 Å². The summed E-state index contributed by atoms with van der Waals surface area (Å²) in [7, 11) is 1.56. The van der Waals surface area contributed by atoms with Crippen LogP contribution in [-0.2, 0) is 0 Å². The van der Waals surface area contributed by atoms with Gasteiger partial charge in [-0.25, -0.2) is 0 Å². The Morgan fingerprint density at radius 3 is 2.68 bits per heavy atom. The third-order valence-corrected chi connectivity index (χ3v) is 6.60. The Bertz CT molecular complexity index is 1440. The number of methoxy groups -OCH3 is 1. The van der Waals surface area contributed by atoms with Crippen LogP contribution in [-0.4, -0.2) is 29.8 Å². The lowest BCUT2D eigenvalue weighted by atomic mass is 9.98. The number of benzene rings is 2. The lowest BCUT2D eigenvalue weighted by Gasteiger charge is -2.23. The van der Waals surface area contributed by atoms with Gasteiger partial charge in [0.05, 0.1) is 30.7 Å². The average molecular weight is 478 g/mol. The molecule has 2 aromatic carbocycles. The maximum Gasteiger partial charge on any atom is 0.297 e. The number of aryl methyl sites for hydroxylation is 1. The van der Waals surface area contributed by atoms with E-state index in [1.54, 1.807) is 43.5 Å². The number of unbranched alkanes of at least 4 members (excludes halogenated alkanes) is 1. The molecule has 0 spiro atoms. The van der Waals surface area contributed by atoms with E-state index in [0.29, 0.717) is 44.8 Å². The molecule has 0 unspecified atom stereocenters. The molecule has 8 nitrogen and oxygen atoms in total. The largest absolute Gasteiger partial charge is 0.493 e. The molecule has 0 radical (unpaired) electrons. The van der Waals surface area contributed by atoms with Crippen molar-refractivity contribution in [2.45, 2.75) is 32.7 Å². The minimum absolute atomic E-state index is 0.0174. The molecule has 0 fully saturated rings. The Kier molecular flexibility index (Phi) is 5.79. The third-order valence-electron chi connectivity index (χ3n) is 5.76. The van der Waals surface area contributed by atoms with Gasteiger partial charge in [0, 0.05) is 0 Å². The Morgan fingerprint density at radius 1 is 1.12 bits per heavy atom. The van der Waals surface area contributed by atoms with Crippen LogP contribution in [0.5, 0.6) is 11.5 Å². The molecule has 1 atom stereocenters. The van der Waals surface area contributed by atoms with E-state index in [1.165, 1.54) is 16.2 Å². The van der Waals surface area contributed by atoms with Gasteiger partial charge in [-0.1, -0.05) is 42.9 Å². The fourth-order valence-electron chi connectivity index (χ4n) is 4.12. The number of hydrogen-bond donors (Lipinski definition) is 0. The van der Waals surface area contributed by atoms with E-state index in [2.05, 4.69) is 17.1 Å². The molecule has 1 amide bonds. The van der Waals surface area contributed by atoms with Crippen molar-refractivity contribution >= 4 is 33.3 Å². The summed E-state index contributed by atoms with van der Waals surface area (Å²) in [6.07, 6.45) is 1.94. The monoisotopic (exact) mass is 477 g/mol. The second kappa shape index (κ2) is 8.90. The highest BCUT2D eigenvalue weighted by Crippen LogP contribution is 2.43. The third kappa shape index (κ3) is 3.62. The van der Waals surface area contributed by atoms with Crippen molar-refractivity contribution < 1.29 is 18.7 Å². The maximum atomic E-state index is 13.6. The summed E-state index contributed by atoms with van der Waals surface area (Å²) in [5.74, 6) is 0.714. The Labute approximate surface area is 199 Å². The van der Waals surface area contributed by atoms with Crippen LogP contribution >= 0.6 is 11.3 Å². The molecule has 1 aliphatic rings. The average Bonchev–Trinajstić information content (AvgIpc) is 3.40. The zero-order valence-electron chi connectivity index (χ0n) is 19.0. The number of carbonyl (C=O) groups excluding carboxylic acids is 1. The summed E-state index contributed by atoms with van der Waals surface area (Å²) in [6.45, 7) is 4.48. The molecule has 2 aromatic heterocycles. The molecule has 174 valence electrons. The summed E-state index contributed by atoms with van der Waals surface area (Å²) in [5.41, 5.74) is 1.08. The topological polar surface area (TPSA) is 94.8 Å². The fourth-order valence-corrected chi connectivity index (χ4v) is 4.83. The van der Waals surface area contributed by atoms with Gasteiger partial charge in [-0.05, 0) is 43.2 Å². The minimum atomic E-state index is -0.741. The molecule has 0 saturated carbocycles. The highest BCUT2D eigenvalue weighted by Gasteiger charge is 2.45. The van der Waals surface area contributed by atoms with Crippen molar-refractivity contribution in [3.05, 3.63) is 74.6 Å². The number of nitrogens with zero attached hydrogens (tertiary/aromatic N) is 3. The molecule has 0 saturated heterocycles. The molecule has 9 heteroatoms. The van der Waals surface area contributed by atoms with Gasteiger partial charge in [-0.2, -0.15) is 0 Å². The van der Waals surface area contributed by atoms with Gasteiger partial charge in [0.15, 0.2) is 16.9 Å². The number of para-hydroxylation sites is 1. The van der Waals surface area contributed by atoms with Crippen LogP contribution in [0, 0.1) is 6.92 Å². The van der Waals surface area contributed by atoms with Crippen molar-refractivity contribution in [1.82, 2.24) is 10.2 Å². The van der Waals surface area contributed by atoms with Gasteiger partial charge in [-0.3, -0.25) is 14.5 Å². The van der Waals surface area contributed by atoms with Gasteiger partial charge >= 0.3 is 0 Å². The number of hydrogen-bond acceptors (Lipinski definition) is 8. The van der Waals surface area contributed by atoms with Crippen LogP contribution in [0.4, 0.5) is 5.13 Å². The van der Waals surface area contributed by atoms with E-state index in [4.69, 9.17) is 13.9 Å². The summed E-state index contributed by atoms with van der Waals surface area (Å²) in [6, 6.07) is 11.6. The Hall–Kier alpha value is -3.72. The highest BCUT2D eigenvalue weighted by atomic mass is 32.1. The second-order valence-electron chi connectivity index (χ2n) is 7.96. The molecular formula is C25H23N3O5S. The van der Waals surface area contributed by atoms with Crippen LogP contribution in [0.2, 0.25) is 0 Å². The minimum Gasteiger partial charge on any atom is -0.493 e. The van der Waals surface area contributed by atoms with E-state index < -0.39 is 11.9 Å². The van der Waals surface area contributed by atoms with Gasteiger partial charge in [0.25, 0.3) is 5.91 Å². The lowest BCUT2D eigenvalue weighted by Crippen LogP contribution is -2.29. The molecule has 0 bridgehead atoms. The van der Waals surface area contributed by atoms with Crippen LogP contribution < -0.4 is 19.8 Å². The number of anilines is 1. The molecule has 1 aliphatic heterocycles. The first kappa shape index (κ1) is 22.1. The van der Waals surface area contributed by atoms with Crippen LogP contribution in [0.25, 0.3) is 11.0 Å². The van der Waals surface area contributed by atoms with Crippen LogP contribution in [0.1, 0.15) is 52.5 Å². The molecule has 0 aliphatic carbocycles. The van der Waals surface area contributed by atoms with Crippen molar-refractivity contribution in [2.75, 3.05) is 18.6 Å². The highest BCUT2D eigenvalue weighted by molar-refractivity contribution is 7.15. The quantitative estimate of drug-likeness (QED) is 0.350. The number of ether oxygens (including phenoxy) is 2. The number of rotatable bonds is 7. The lowest BCUT2D eigenvalue weighted by molar-refractivity contribution is 0.0970. The zero-order chi connectivity index (χ0) is 23.8. The Balaban J connectivity index is 1.70. The SMILES string of the molecule is CCCCOc1ccc([C@H]2c3c(oc4ccccc4c3=O)C(=O)N2c2nnc(C)s2)cc1OC. The molecule has 3 heterocycles. The van der Waals surface area contributed by atoms with Gasteiger partial charge in [-0.15, -0.1) is 10.2 Å². The summed E-state index contributed by atoms with van der Waals surface area (Å²) in [4.78, 5) is 28.6. The van der Waals surface area contributed by atoms with Crippen molar-refractivity contribution in [1.29, 1.82) is 0 Å². The van der Waals surface area contributed by atoms with Crippen LogP contribution in [0.3, 0.4) is 0 Å². The predicted octanol–water partition coefficient (Wildman–Crippen LogP) is 4.89. The maximum absolute atomic E-state index is 13.6. The van der Waals surface area contributed by atoms with Crippen molar-refractivity contribution in [3.63, 3.8) is 0 Å². The first-order chi connectivity index (χ1) is 16.5. The van der Waals surface area contributed by atoms with E-state index in [1.807, 2.05) is 13.0 Å². The summed E-state index contributed by atoms with van der Waals surface area (Å²) in [5, 5.41) is 9.78. The second-order valence-corrected chi connectivity index (χ2v) is 9.12. The van der Waals surface area contributed by atoms with E-state index >= 15 is 0 Å². The zero-order valence-corrected chi connectivity index (χ0v) is 19.8. The van der Waals surface area contributed by atoms with Crippen molar-refractivity contribution in [3.8, 4) is 11.5 Å². The number of fused-ring (bicyclic) bond motifs is 2. The number of carbonyl (C=O) groups is 1. The summed E-state index contributed by atoms with van der Waals surface area (Å²) < 4.78 is 17.4. The molecule has 5 rings (SSSR count). The first-order valence-electron chi connectivity index (χ1n) is 11.0. The van der Waals surface area contributed by atoms with E-state index in [9.17, 15) is 9.59 Å².